The van der Waals surface area contributed by atoms with Gasteiger partial charge in [-0.2, -0.15) is 0 Å². The maximum Gasteiger partial charge on any atom is 0.411 e. The fraction of sp³-hybridized carbons (Fsp3) is 0.133. The lowest BCUT2D eigenvalue weighted by atomic mass is 10.2. The summed E-state index contributed by atoms with van der Waals surface area (Å²) in [5.74, 6) is 0. The second kappa shape index (κ2) is 7.13. The Kier molecular flexibility index (Phi) is 5.20. The van der Waals surface area contributed by atoms with E-state index in [0.717, 1.165) is 15.7 Å². The molecule has 1 amide bonds. The highest BCUT2D eigenvalue weighted by atomic mass is 127. The summed E-state index contributed by atoms with van der Waals surface area (Å²) in [5.41, 5.74) is 2.94. The second-order valence-corrected chi connectivity index (χ2v) is 4.78. The maximum atomic E-state index is 11.6. The molecule has 0 bridgehead atoms. The molecule has 0 spiro atoms. The van der Waals surface area contributed by atoms with E-state index in [1.807, 2.05) is 54.6 Å². The van der Waals surface area contributed by atoms with Crippen molar-refractivity contribution >= 4 is 34.4 Å². The third-order valence-corrected chi connectivity index (χ3v) is 3.45. The van der Waals surface area contributed by atoms with E-state index in [0.29, 0.717) is 0 Å². The van der Waals surface area contributed by atoms with Crippen molar-refractivity contribution in [3.8, 4) is 0 Å². The lowest BCUT2D eigenvalue weighted by Crippen LogP contribution is -2.13. The molecule has 19 heavy (non-hydrogen) atoms. The average Bonchev–Trinajstić information content (AvgIpc) is 2.47. The predicted molar refractivity (Wildman–Crippen MR) is 84.4 cm³/mol. The molecular formula is C15H14INO2. The molecule has 0 aliphatic carbocycles. The van der Waals surface area contributed by atoms with Crippen LogP contribution in [0.15, 0.2) is 54.6 Å². The molecule has 0 saturated carbocycles. The first kappa shape index (κ1) is 13.9. The lowest BCUT2D eigenvalue weighted by molar-refractivity contribution is 0.155. The summed E-state index contributed by atoms with van der Waals surface area (Å²) in [5, 5.41) is 2.70. The molecule has 0 unspecified atom stereocenters. The minimum Gasteiger partial charge on any atom is -0.444 e. The van der Waals surface area contributed by atoms with Crippen LogP contribution in [0.3, 0.4) is 0 Å². The van der Waals surface area contributed by atoms with E-state index in [1.54, 1.807) is 0 Å². The van der Waals surface area contributed by atoms with Gasteiger partial charge in [-0.1, -0.05) is 65.1 Å². The smallest absolute Gasteiger partial charge is 0.411 e. The number of hydrogen-bond acceptors (Lipinski definition) is 2. The maximum absolute atomic E-state index is 11.6. The average molecular weight is 367 g/mol. The minimum atomic E-state index is -0.439. The van der Waals surface area contributed by atoms with E-state index in [-0.39, 0.29) is 6.61 Å². The van der Waals surface area contributed by atoms with Crippen LogP contribution in [0.5, 0.6) is 0 Å². The number of carbonyl (C=O) groups is 1. The van der Waals surface area contributed by atoms with Crippen LogP contribution in [0.4, 0.5) is 10.5 Å². The highest BCUT2D eigenvalue weighted by Gasteiger charge is 2.03. The van der Waals surface area contributed by atoms with Gasteiger partial charge in [-0.05, 0) is 23.3 Å². The fourth-order valence-electron chi connectivity index (χ4n) is 1.55. The van der Waals surface area contributed by atoms with Crippen molar-refractivity contribution in [1.29, 1.82) is 0 Å². The third-order valence-electron chi connectivity index (χ3n) is 2.57. The van der Waals surface area contributed by atoms with Crippen molar-refractivity contribution in [2.24, 2.45) is 0 Å². The van der Waals surface area contributed by atoms with Gasteiger partial charge < -0.3 is 4.74 Å². The van der Waals surface area contributed by atoms with Gasteiger partial charge in [0.25, 0.3) is 0 Å². The molecule has 0 aliphatic rings. The van der Waals surface area contributed by atoms with Crippen LogP contribution in [-0.2, 0) is 15.8 Å². The van der Waals surface area contributed by atoms with Crippen LogP contribution in [0.1, 0.15) is 11.1 Å². The zero-order valence-electron chi connectivity index (χ0n) is 10.3. The topological polar surface area (TPSA) is 38.3 Å². The van der Waals surface area contributed by atoms with Gasteiger partial charge in [-0.3, -0.25) is 5.32 Å². The minimum absolute atomic E-state index is 0.276. The molecular weight excluding hydrogens is 353 g/mol. The first-order valence-electron chi connectivity index (χ1n) is 5.90. The highest BCUT2D eigenvalue weighted by molar-refractivity contribution is 14.1. The van der Waals surface area contributed by atoms with Crippen LogP contribution >= 0.6 is 22.6 Å². The molecule has 2 aromatic rings. The summed E-state index contributed by atoms with van der Waals surface area (Å²) in [4.78, 5) is 11.6. The number of hydrogen-bond donors (Lipinski definition) is 1. The molecule has 0 saturated heterocycles. The Labute approximate surface area is 126 Å². The molecule has 0 fully saturated rings. The summed E-state index contributed by atoms with van der Waals surface area (Å²) in [6.45, 7) is 0.276. The first-order chi connectivity index (χ1) is 9.28. The van der Waals surface area contributed by atoms with Gasteiger partial charge >= 0.3 is 6.09 Å². The Balaban J connectivity index is 1.83. The predicted octanol–water partition coefficient (Wildman–Crippen LogP) is 4.37. The van der Waals surface area contributed by atoms with Gasteiger partial charge in [-0.25, -0.2) is 4.79 Å². The molecule has 4 heteroatoms. The van der Waals surface area contributed by atoms with Crippen molar-refractivity contribution in [1.82, 2.24) is 0 Å². The molecule has 3 nitrogen and oxygen atoms in total. The van der Waals surface area contributed by atoms with Crippen molar-refractivity contribution in [3.63, 3.8) is 0 Å². The van der Waals surface area contributed by atoms with Crippen LogP contribution in [0.25, 0.3) is 0 Å². The van der Waals surface area contributed by atoms with Crippen LogP contribution < -0.4 is 5.32 Å². The number of alkyl halides is 1. The van der Waals surface area contributed by atoms with Crippen molar-refractivity contribution < 1.29 is 9.53 Å². The number of ether oxygens (including phenoxy) is 1. The standard InChI is InChI=1S/C15H14INO2/c16-10-12-6-8-14(9-7-12)17-15(18)19-11-13-4-2-1-3-5-13/h1-9H,10-11H2,(H,17,18). The molecule has 0 atom stereocenters. The van der Waals surface area contributed by atoms with Gasteiger partial charge in [0.15, 0.2) is 0 Å². The van der Waals surface area contributed by atoms with Crippen LogP contribution in [0, 0.1) is 0 Å². The summed E-state index contributed by atoms with van der Waals surface area (Å²) in [6, 6.07) is 17.3. The Morgan fingerprint density at radius 2 is 1.68 bits per heavy atom. The molecule has 0 heterocycles. The van der Waals surface area contributed by atoms with Gasteiger partial charge in [0.2, 0.25) is 0 Å². The molecule has 2 aromatic carbocycles. The summed E-state index contributed by atoms with van der Waals surface area (Å²) >= 11 is 2.30. The van der Waals surface area contributed by atoms with E-state index in [1.165, 1.54) is 5.56 Å². The summed E-state index contributed by atoms with van der Waals surface area (Å²) in [7, 11) is 0. The van der Waals surface area contributed by atoms with E-state index in [4.69, 9.17) is 4.74 Å². The first-order valence-corrected chi connectivity index (χ1v) is 7.43. The molecule has 1 N–H and O–H groups in total. The zero-order valence-corrected chi connectivity index (χ0v) is 12.5. The Hall–Kier alpha value is -1.56. The molecule has 0 aromatic heterocycles. The Bertz CT molecular complexity index is 526. The third kappa shape index (κ3) is 4.55. The highest BCUT2D eigenvalue weighted by Crippen LogP contribution is 2.12. The van der Waals surface area contributed by atoms with Crippen molar-refractivity contribution in [2.75, 3.05) is 5.32 Å². The van der Waals surface area contributed by atoms with Gasteiger partial charge in [-0.15, -0.1) is 0 Å². The Morgan fingerprint density at radius 1 is 1.00 bits per heavy atom. The zero-order chi connectivity index (χ0) is 13.5. The molecule has 2 rings (SSSR count). The lowest BCUT2D eigenvalue weighted by Gasteiger charge is -2.07. The van der Waals surface area contributed by atoms with Crippen LogP contribution in [-0.4, -0.2) is 6.09 Å². The number of benzene rings is 2. The van der Waals surface area contributed by atoms with E-state index < -0.39 is 6.09 Å². The van der Waals surface area contributed by atoms with Crippen molar-refractivity contribution in [3.05, 3.63) is 65.7 Å². The number of carbonyl (C=O) groups excluding carboxylic acids is 1. The number of rotatable bonds is 4. The monoisotopic (exact) mass is 367 g/mol. The fourth-order valence-corrected chi connectivity index (χ4v) is 2.06. The normalized spacial score (nSPS) is 9.95. The molecule has 0 radical (unpaired) electrons. The second-order valence-electron chi connectivity index (χ2n) is 4.02. The van der Waals surface area contributed by atoms with Gasteiger partial charge in [0.1, 0.15) is 6.61 Å². The molecule has 98 valence electrons. The van der Waals surface area contributed by atoms with E-state index in [2.05, 4.69) is 27.9 Å². The van der Waals surface area contributed by atoms with Crippen molar-refractivity contribution in [2.45, 2.75) is 11.0 Å². The van der Waals surface area contributed by atoms with Gasteiger partial charge in [0.05, 0.1) is 0 Å². The number of anilines is 1. The number of nitrogens with one attached hydrogen (secondary N) is 1. The van der Waals surface area contributed by atoms with E-state index in [9.17, 15) is 4.79 Å². The molecule has 0 aliphatic heterocycles. The Morgan fingerprint density at radius 3 is 2.32 bits per heavy atom. The largest absolute Gasteiger partial charge is 0.444 e. The SMILES string of the molecule is O=C(Nc1ccc(CI)cc1)OCc1ccccc1. The summed E-state index contributed by atoms with van der Waals surface area (Å²) in [6.07, 6.45) is -0.439. The van der Waals surface area contributed by atoms with E-state index >= 15 is 0 Å². The number of halogens is 1. The summed E-state index contributed by atoms with van der Waals surface area (Å²) < 4.78 is 6.09. The van der Waals surface area contributed by atoms with Gasteiger partial charge in [0, 0.05) is 10.1 Å². The number of amides is 1. The quantitative estimate of drug-likeness (QED) is 0.644. The van der Waals surface area contributed by atoms with Crippen LogP contribution in [0.2, 0.25) is 0 Å².